The van der Waals surface area contributed by atoms with E-state index in [4.69, 9.17) is 0 Å². The summed E-state index contributed by atoms with van der Waals surface area (Å²) < 4.78 is 26.3. The first-order chi connectivity index (χ1) is 17.3. The number of rotatable bonds is 9. The summed E-state index contributed by atoms with van der Waals surface area (Å²) in [5, 5.41) is 2.92. The molecule has 1 amide bonds. The Balaban J connectivity index is 1.40. The summed E-state index contributed by atoms with van der Waals surface area (Å²) in [6, 6.07) is 26.2. The molecule has 3 aromatic carbocycles. The van der Waals surface area contributed by atoms with Crippen molar-refractivity contribution in [1.29, 1.82) is 0 Å². The van der Waals surface area contributed by atoms with Gasteiger partial charge in [0, 0.05) is 23.6 Å². The van der Waals surface area contributed by atoms with E-state index in [0.717, 1.165) is 29.5 Å². The van der Waals surface area contributed by atoms with E-state index in [1.807, 2.05) is 60.7 Å². The molecular formula is C29H29N3O3S. The molecule has 0 radical (unpaired) electrons. The van der Waals surface area contributed by atoms with Crippen molar-refractivity contribution in [2.75, 3.05) is 15.9 Å². The molecule has 0 aliphatic rings. The fourth-order valence-electron chi connectivity index (χ4n) is 3.87. The zero-order valence-electron chi connectivity index (χ0n) is 20.4. The lowest BCUT2D eigenvalue weighted by Crippen LogP contribution is -2.29. The Morgan fingerprint density at radius 3 is 1.92 bits per heavy atom. The van der Waals surface area contributed by atoms with Crippen LogP contribution in [0.25, 0.3) is 0 Å². The number of aromatic nitrogens is 1. The van der Waals surface area contributed by atoms with E-state index >= 15 is 0 Å². The number of carbonyl (C=O) groups excluding carboxylic acids is 1. The highest BCUT2D eigenvalue weighted by molar-refractivity contribution is 7.92. The molecule has 0 fully saturated rings. The average molecular weight is 500 g/mol. The van der Waals surface area contributed by atoms with E-state index in [0.29, 0.717) is 16.9 Å². The number of pyridine rings is 1. The molecule has 0 unspecified atom stereocenters. The van der Waals surface area contributed by atoms with Crippen LogP contribution in [0.4, 0.5) is 11.4 Å². The Morgan fingerprint density at radius 2 is 1.33 bits per heavy atom. The Bertz CT molecular complexity index is 1400. The molecule has 4 rings (SSSR count). The highest BCUT2D eigenvalue weighted by atomic mass is 32.2. The van der Waals surface area contributed by atoms with Crippen LogP contribution in [0, 0.1) is 0 Å². The molecule has 36 heavy (non-hydrogen) atoms. The fraction of sp³-hybridized carbons (Fsp3) is 0.172. The van der Waals surface area contributed by atoms with Crippen molar-refractivity contribution >= 4 is 27.3 Å². The van der Waals surface area contributed by atoms with E-state index in [-0.39, 0.29) is 12.5 Å². The minimum atomic E-state index is -3.48. The molecule has 0 saturated heterocycles. The summed E-state index contributed by atoms with van der Waals surface area (Å²) >= 11 is 0. The van der Waals surface area contributed by atoms with Gasteiger partial charge in [0.25, 0.3) is 5.91 Å². The maximum absolute atomic E-state index is 12.7. The number of anilines is 2. The maximum atomic E-state index is 12.7. The van der Waals surface area contributed by atoms with Gasteiger partial charge in [0.1, 0.15) is 0 Å². The minimum Gasteiger partial charge on any atom is -0.322 e. The number of hydrogen-bond acceptors (Lipinski definition) is 4. The van der Waals surface area contributed by atoms with Crippen LogP contribution in [0.3, 0.4) is 0 Å². The van der Waals surface area contributed by atoms with Crippen molar-refractivity contribution in [3.05, 3.63) is 125 Å². The van der Waals surface area contributed by atoms with Crippen LogP contribution < -0.4 is 9.62 Å². The smallest absolute Gasteiger partial charge is 0.255 e. The first-order valence-corrected chi connectivity index (χ1v) is 13.6. The highest BCUT2D eigenvalue weighted by Crippen LogP contribution is 2.22. The summed E-state index contributed by atoms with van der Waals surface area (Å²) in [5.41, 5.74) is 6.07. The quantitative estimate of drug-likeness (QED) is 0.332. The summed E-state index contributed by atoms with van der Waals surface area (Å²) in [5.74, 6) is -0.224. The van der Waals surface area contributed by atoms with Gasteiger partial charge in [-0.05, 0) is 83.6 Å². The van der Waals surface area contributed by atoms with Crippen LogP contribution in [0.5, 0.6) is 0 Å². The van der Waals surface area contributed by atoms with E-state index in [9.17, 15) is 13.2 Å². The van der Waals surface area contributed by atoms with Gasteiger partial charge in [-0.3, -0.25) is 14.1 Å². The van der Waals surface area contributed by atoms with E-state index < -0.39 is 10.0 Å². The van der Waals surface area contributed by atoms with Gasteiger partial charge < -0.3 is 5.32 Å². The summed E-state index contributed by atoms with van der Waals surface area (Å²) in [4.78, 5) is 16.8. The molecule has 1 N–H and O–H groups in total. The third-order valence-corrected chi connectivity index (χ3v) is 7.09. The Labute approximate surface area is 212 Å². The zero-order valence-corrected chi connectivity index (χ0v) is 21.2. The molecule has 6 nitrogen and oxygen atoms in total. The monoisotopic (exact) mass is 499 g/mol. The van der Waals surface area contributed by atoms with Crippen LogP contribution in [0.15, 0.2) is 97.3 Å². The number of carbonyl (C=O) groups is 1. The number of hydrogen-bond donors (Lipinski definition) is 1. The van der Waals surface area contributed by atoms with Gasteiger partial charge >= 0.3 is 0 Å². The van der Waals surface area contributed by atoms with Gasteiger partial charge in [-0.25, -0.2) is 8.42 Å². The molecule has 184 valence electrons. The summed E-state index contributed by atoms with van der Waals surface area (Å²) in [6.07, 6.45) is 6.43. The Morgan fingerprint density at radius 1 is 0.778 bits per heavy atom. The number of sulfonamides is 1. The number of aryl methyl sites for hydroxylation is 1. The lowest BCUT2D eigenvalue weighted by Gasteiger charge is -2.23. The fourth-order valence-corrected chi connectivity index (χ4v) is 4.76. The predicted molar refractivity (Wildman–Crippen MR) is 145 cm³/mol. The minimum absolute atomic E-state index is 0.186. The Kier molecular flexibility index (Phi) is 7.80. The third kappa shape index (κ3) is 6.58. The largest absolute Gasteiger partial charge is 0.322 e. The van der Waals surface area contributed by atoms with Crippen molar-refractivity contribution in [1.82, 2.24) is 4.98 Å². The van der Waals surface area contributed by atoms with Crippen molar-refractivity contribution in [3.8, 4) is 0 Å². The second-order valence-corrected chi connectivity index (χ2v) is 10.6. The molecule has 0 aliphatic heterocycles. The zero-order chi connectivity index (χ0) is 25.5. The van der Waals surface area contributed by atoms with Gasteiger partial charge in [0.15, 0.2) is 0 Å². The summed E-state index contributed by atoms with van der Waals surface area (Å²) in [6.45, 7) is 2.24. The normalized spacial score (nSPS) is 11.2. The predicted octanol–water partition coefficient (Wildman–Crippen LogP) is 5.45. The molecule has 0 bridgehead atoms. The highest BCUT2D eigenvalue weighted by Gasteiger charge is 2.18. The number of nitrogens with one attached hydrogen (secondary N) is 1. The number of benzene rings is 3. The molecule has 0 saturated carbocycles. The number of amides is 1. The molecule has 0 aliphatic carbocycles. The molecule has 7 heteroatoms. The SMILES string of the molecule is CCc1ccc(N(Cc2ccc(C(=O)Nc3ccc(Cc4ccncc4)cc3)cc2)S(C)(=O)=O)cc1. The average Bonchev–Trinajstić information content (AvgIpc) is 2.89. The lowest BCUT2D eigenvalue weighted by atomic mass is 10.1. The van der Waals surface area contributed by atoms with Crippen LogP contribution in [-0.4, -0.2) is 25.6 Å². The maximum Gasteiger partial charge on any atom is 0.255 e. The summed E-state index contributed by atoms with van der Waals surface area (Å²) in [7, 11) is -3.48. The van der Waals surface area contributed by atoms with Crippen LogP contribution >= 0.6 is 0 Å². The van der Waals surface area contributed by atoms with E-state index in [1.54, 1.807) is 36.7 Å². The van der Waals surface area contributed by atoms with Crippen molar-refractivity contribution in [2.45, 2.75) is 26.3 Å². The van der Waals surface area contributed by atoms with E-state index in [1.165, 1.54) is 16.1 Å². The number of nitrogens with zero attached hydrogens (tertiary/aromatic N) is 2. The molecule has 4 aromatic rings. The van der Waals surface area contributed by atoms with Crippen molar-refractivity contribution < 1.29 is 13.2 Å². The van der Waals surface area contributed by atoms with E-state index in [2.05, 4.69) is 17.2 Å². The molecule has 1 aromatic heterocycles. The second kappa shape index (κ2) is 11.2. The molecule has 0 spiro atoms. The second-order valence-electron chi connectivity index (χ2n) is 8.67. The van der Waals surface area contributed by atoms with Crippen LogP contribution in [0.1, 0.15) is 39.5 Å². The van der Waals surface area contributed by atoms with Gasteiger partial charge in [-0.15, -0.1) is 0 Å². The van der Waals surface area contributed by atoms with Crippen molar-refractivity contribution in [3.63, 3.8) is 0 Å². The topological polar surface area (TPSA) is 79.4 Å². The molecule has 0 atom stereocenters. The van der Waals surface area contributed by atoms with Crippen molar-refractivity contribution in [2.24, 2.45) is 0 Å². The first kappa shape index (κ1) is 25.1. The van der Waals surface area contributed by atoms with Gasteiger partial charge in [-0.2, -0.15) is 0 Å². The van der Waals surface area contributed by atoms with Gasteiger partial charge in [0.05, 0.1) is 18.5 Å². The Hall–Kier alpha value is -3.97. The van der Waals surface area contributed by atoms with Crippen LogP contribution in [-0.2, 0) is 29.4 Å². The first-order valence-electron chi connectivity index (χ1n) is 11.8. The molecule has 1 heterocycles. The van der Waals surface area contributed by atoms with Gasteiger partial charge in [-0.1, -0.05) is 43.3 Å². The standard InChI is InChI=1S/C29H29N3O3S/c1-3-22-8-14-28(15-9-22)32(36(2,34)35)21-25-4-10-26(11-5-25)29(33)31-27-12-6-23(7-13-27)20-24-16-18-30-19-17-24/h4-19H,3,20-21H2,1-2H3,(H,31,33). The third-order valence-electron chi connectivity index (χ3n) is 5.94. The van der Waals surface area contributed by atoms with Gasteiger partial charge in [0.2, 0.25) is 10.0 Å². The molecular weight excluding hydrogens is 470 g/mol. The van der Waals surface area contributed by atoms with Crippen LogP contribution in [0.2, 0.25) is 0 Å². The lowest BCUT2D eigenvalue weighted by molar-refractivity contribution is 0.102.